The third-order valence-corrected chi connectivity index (χ3v) is 3.37. The molecule has 0 aliphatic carbocycles. The second-order valence-electron chi connectivity index (χ2n) is 5.08. The number of urea groups is 1. The molecule has 8 heteroatoms. The second-order valence-corrected chi connectivity index (χ2v) is 5.08. The molecule has 1 aliphatic heterocycles. The average Bonchev–Trinajstić information content (AvgIpc) is 3.02. The summed E-state index contributed by atoms with van der Waals surface area (Å²) < 4.78 is 49.0. The number of benzene rings is 2. The molecule has 0 saturated heterocycles. The molecular formula is C17H13F3N2O3. The van der Waals surface area contributed by atoms with Crippen molar-refractivity contribution in [1.82, 2.24) is 5.32 Å². The fourth-order valence-electron chi connectivity index (χ4n) is 2.25. The zero-order chi connectivity index (χ0) is 17.9. The van der Waals surface area contributed by atoms with Crippen LogP contribution in [-0.4, -0.2) is 12.8 Å². The zero-order valence-corrected chi connectivity index (χ0v) is 12.8. The summed E-state index contributed by atoms with van der Waals surface area (Å²) >= 11 is 0. The molecule has 0 unspecified atom stereocenters. The molecule has 25 heavy (non-hydrogen) atoms. The Morgan fingerprint density at radius 2 is 1.84 bits per heavy atom. The fourth-order valence-corrected chi connectivity index (χ4v) is 2.25. The second kappa shape index (κ2) is 6.76. The monoisotopic (exact) mass is 350 g/mol. The minimum atomic E-state index is -4.46. The molecule has 0 spiro atoms. The number of carbonyl (C=O) groups excluding carboxylic acids is 1. The van der Waals surface area contributed by atoms with Crippen LogP contribution in [0.5, 0.6) is 11.5 Å². The van der Waals surface area contributed by atoms with Gasteiger partial charge in [0.25, 0.3) is 0 Å². The summed E-state index contributed by atoms with van der Waals surface area (Å²) in [5, 5.41) is 4.90. The van der Waals surface area contributed by atoms with E-state index in [1.54, 1.807) is 18.2 Å². The van der Waals surface area contributed by atoms with Crippen LogP contribution in [0.1, 0.15) is 11.1 Å². The minimum Gasteiger partial charge on any atom is -0.454 e. The lowest BCUT2D eigenvalue weighted by Gasteiger charge is -2.09. The molecule has 0 fully saturated rings. The number of carbonyl (C=O) groups is 1. The topological polar surface area (TPSA) is 59.6 Å². The Kier molecular flexibility index (Phi) is 4.51. The van der Waals surface area contributed by atoms with Gasteiger partial charge in [0.1, 0.15) is 0 Å². The summed E-state index contributed by atoms with van der Waals surface area (Å²) in [6.07, 6.45) is -2.13. The van der Waals surface area contributed by atoms with Gasteiger partial charge >= 0.3 is 12.2 Å². The molecular weight excluding hydrogens is 337 g/mol. The average molecular weight is 350 g/mol. The molecule has 2 N–H and O–H groups in total. The maximum Gasteiger partial charge on any atom is 0.416 e. The van der Waals surface area contributed by atoms with Crippen LogP contribution in [0, 0.1) is 0 Å². The maximum absolute atomic E-state index is 12.9. The van der Waals surface area contributed by atoms with Crippen LogP contribution in [0.3, 0.4) is 0 Å². The Labute approximate surface area is 141 Å². The van der Waals surface area contributed by atoms with Gasteiger partial charge in [-0.2, -0.15) is 13.2 Å². The van der Waals surface area contributed by atoms with Gasteiger partial charge in [-0.25, -0.2) is 4.79 Å². The predicted molar refractivity (Wildman–Crippen MR) is 85.2 cm³/mol. The van der Waals surface area contributed by atoms with E-state index in [0.29, 0.717) is 17.2 Å². The fraction of sp³-hybridized carbons (Fsp3) is 0.118. The van der Waals surface area contributed by atoms with Crippen LogP contribution in [-0.2, 0) is 6.18 Å². The number of halogens is 3. The van der Waals surface area contributed by atoms with Gasteiger partial charge in [-0.3, -0.25) is 0 Å². The van der Waals surface area contributed by atoms with E-state index >= 15 is 0 Å². The lowest BCUT2D eigenvalue weighted by molar-refractivity contribution is -0.137. The highest BCUT2D eigenvalue weighted by atomic mass is 19.4. The van der Waals surface area contributed by atoms with E-state index in [1.807, 2.05) is 0 Å². The van der Waals surface area contributed by atoms with Crippen molar-refractivity contribution in [1.29, 1.82) is 0 Å². The van der Waals surface area contributed by atoms with Gasteiger partial charge in [0, 0.05) is 18.0 Å². The first-order chi connectivity index (χ1) is 11.9. The van der Waals surface area contributed by atoms with Crippen molar-refractivity contribution in [2.24, 2.45) is 0 Å². The number of nitrogens with one attached hydrogen (secondary N) is 2. The molecule has 1 aliphatic rings. The molecule has 0 aromatic heterocycles. The number of anilines is 1. The number of amides is 2. The van der Waals surface area contributed by atoms with Crippen LogP contribution in [0.15, 0.2) is 48.7 Å². The van der Waals surface area contributed by atoms with Crippen LogP contribution in [0.25, 0.3) is 6.08 Å². The molecule has 5 nitrogen and oxygen atoms in total. The molecule has 130 valence electrons. The first-order valence-electron chi connectivity index (χ1n) is 7.23. The molecule has 2 amide bonds. The number of fused-ring (bicyclic) bond motifs is 1. The smallest absolute Gasteiger partial charge is 0.416 e. The standard InChI is InChI=1S/C17H13F3N2O3/c18-17(19,20)13-4-2-1-3-11(13)7-8-21-16(23)22-12-5-6-14-15(9-12)25-10-24-14/h1-9H,10H2,(H2,21,22,23)/b8-7+. The van der Waals surface area contributed by atoms with Crippen LogP contribution in [0.4, 0.5) is 23.7 Å². The number of ether oxygens (including phenoxy) is 2. The van der Waals surface area contributed by atoms with Crippen molar-refractivity contribution < 1.29 is 27.4 Å². The first kappa shape index (κ1) is 16.7. The lowest BCUT2D eigenvalue weighted by Crippen LogP contribution is -2.23. The number of hydrogen-bond acceptors (Lipinski definition) is 3. The normalized spacial score (nSPS) is 13.1. The Morgan fingerprint density at radius 3 is 2.64 bits per heavy atom. The molecule has 2 aromatic rings. The van der Waals surface area contributed by atoms with Crippen molar-refractivity contribution in [2.75, 3.05) is 12.1 Å². The summed E-state index contributed by atoms with van der Waals surface area (Å²) in [7, 11) is 0. The van der Waals surface area contributed by atoms with Gasteiger partial charge in [0.05, 0.1) is 5.56 Å². The Hall–Kier alpha value is -3.16. The SMILES string of the molecule is O=C(N/C=C/c1ccccc1C(F)(F)F)Nc1ccc2c(c1)OCO2. The van der Waals surface area contributed by atoms with Crippen molar-refractivity contribution in [3.63, 3.8) is 0 Å². The number of alkyl halides is 3. The van der Waals surface area contributed by atoms with Crippen LogP contribution >= 0.6 is 0 Å². The summed E-state index contributed by atoms with van der Waals surface area (Å²) in [5.74, 6) is 1.09. The molecule has 3 rings (SSSR count). The van der Waals surface area contributed by atoms with Crippen molar-refractivity contribution in [3.8, 4) is 11.5 Å². The summed E-state index contributed by atoms with van der Waals surface area (Å²) in [4.78, 5) is 11.8. The van der Waals surface area contributed by atoms with E-state index in [0.717, 1.165) is 12.3 Å². The Bertz CT molecular complexity index is 819. The molecule has 0 saturated carbocycles. The van der Waals surface area contributed by atoms with E-state index in [1.165, 1.54) is 24.3 Å². The quantitative estimate of drug-likeness (QED) is 0.871. The highest BCUT2D eigenvalue weighted by Gasteiger charge is 2.32. The van der Waals surface area contributed by atoms with Crippen molar-refractivity contribution >= 4 is 17.8 Å². The van der Waals surface area contributed by atoms with E-state index in [9.17, 15) is 18.0 Å². The molecule has 0 atom stereocenters. The molecule has 1 heterocycles. The van der Waals surface area contributed by atoms with Gasteiger partial charge in [-0.1, -0.05) is 18.2 Å². The lowest BCUT2D eigenvalue weighted by atomic mass is 10.1. The van der Waals surface area contributed by atoms with Crippen LogP contribution in [0.2, 0.25) is 0 Å². The summed E-state index contributed by atoms with van der Waals surface area (Å²) in [6, 6.07) is 9.35. The van der Waals surface area contributed by atoms with Gasteiger partial charge in [0.2, 0.25) is 6.79 Å². The van der Waals surface area contributed by atoms with Gasteiger partial charge in [-0.05, 0) is 29.8 Å². The largest absolute Gasteiger partial charge is 0.454 e. The van der Waals surface area contributed by atoms with E-state index < -0.39 is 17.8 Å². The Balaban J connectivity index is 1.62. The van der Waals surface area contributed by atoms with Crippen LogP contribution < -0.4 is 20.1 Å². The first-order valence-corrected chi connectivity index (χ1v) is 7.23. The highest BCUT2D eigenvalue weighted by Crippen LogP contribution is 2.34. The van der Waals surface area contributed by atoms with E-state index in [4.69, 9.17) is 9.47 Å². The van der Waals surface area contributed by atoms with E-state index in [2.05, 4.69) is 10.6 Å². The van der Waals surface area contributed by atoms with Gasteiger partial charge in [0.15, 0.2) is 11.5 Å². The molecule has 0 radical (unpaired) electrons. The highest BCUT2D eigenvalue weighted by molar-refractivity contribution is 5.90. The third-order valence-electron chi connectivity index (χ3n) is 3.37. The van der Waals surface area contributed by atoms with E-state index in [-0.39, 0.29) is 12.4 Å². The Morgan fingerprint density at radius 1 is 1.08 bits per heavy atom. The maximum atomic E-state index is 12.9. The predicted octanol–water partition coefficient (Wildman–Crippen LogP) is 4.23. The number of rotatable bonds is 3. The number of hydrogen-bond donors (Lipinski definition) is 2. The minimum absolute atomic E-state index is 0.0432. The molecule has 0 bridgehead atoms. The zero-order valence-electron chi connectivity index (χ0n) is 12.8. The summed E-state index contributed by atoms with van der Waals surface area (Å²) in [6.45, 7) is 0.117. The molecule has 2 aromatic carbocycles. The van der Waals surface area contributed by atoms with Crippen molar-refractivity contribution in [2.45, 2.75) is 6.18 Å². The van der Waals surface area contributed by atoms with Gasteiger partial charge < -0.3 is 20.1 Å². The van der Waals surface area contributed by atoms with Gasteiger partial charge in [-0.15, -0.1) is 0 Å². The summed E-state index contributed by atoms with van der Waals surface area (Å²) in [5.41, 5.74) is -0.353. The van der Waals surface area contributed by atoms with Crippen molar-refractivity contribution in [3.05, 3.63) is 59.8 Å². The third kappa shape index (κ3) is 4.03.